The quantitative estimate of drug-likeness (QED) is 0.133. The smallest absolute Gasteiger partial charge is 0.407 e. The van der Waals surface area contributed by atoms with Gasteiger partial charge in [0.25, 0.3) is 0 Å². The Bertz CT molecular complexity index is 489. The highest BCUT2D eigenvalue weighted by Crippen LogP contribution is 2.10. The molecule has 0 radical (unpaired) electrons. The van der Waals surface area contributed by atoms with E-state index >= 15 is 0 Å². The Morgan fingerprint density at radius 1 is 0.526 bits per heavy atom. The molecule has 0 aromatic rings. The van der Waals surface area contributed by atoms with Crippen molar-refractivity contribution in [3.05, 3.63) is 0 Å². The summed E-state index contributed by atoms with van der Waals surface area (Å²) in [6, 6.07) is 0. The molecule has 0 aliphatic rings. The number of ether oxygens (including phenoxy) is 7. The Morgan fingerprint density at radius 2 is 0.868 bits per heavy atom. The molecule has 0 aliphatic carbocycles. The van der Waals surface area contributed by atoms with E-state index in [0.717, 1.165) is 25.9 Å². The van der Waals surface area contributed by atoms with Crippen molar-refractivity contribution in [1.82, 2.24) is 5.32 Å². The van der Waals surface area contributed by atoms with Crippen LogP contribution in [0.3, 0.4) is 0 Å². The lowest BCUT2D eigenvalue weighted by Crippen LogP contribution is -2.32. The zero-order valence-electron chi connectivity index (χ0n) is 24.5. The average molecular weight is 552 g/mol. The van der Waals surface area contributed by atoms with Crippen molar-refractivity contribution < 1.29 is 43.1 Å². The molecule has 0 fully saturated rings. The van der Waals surface area contributed by atoms with Gasteiger partial charge in [0.2, 0.25) is 0 Å². The maximum atomic E-state index is 11.5. The summed E-state index contributed by atoms with van der Waals surface area (Å²) in [4.78, 5) is 11.5. The van der Waals surface area contributed by atoms with Gasteiger partial charge in [-0.1, -0.05) is 44.9 Å². The first-order valence-electron chi connectivity index (χ1n) is 14.5. The Kier molecular flexibility index (Phi) is 28.2. The number of nitrogens with one attached hydrogen (secondary N) is 1. The van der Waals surface area contributed by atoms with Crippen LogP contribution in [0.4, 0.5) is 4.79 Å². The number of carbonyl (C=O) groups is 1. The van der Waals surface area contributed by atoms with Crippen LogP contribution in [0.15, 0.2) is 0 Å². The van der Waals surface area contributed by atoms with E-state index in [2.05, 4.69) is 5.32 Å². The van der Waals surface area contributed by atoms with E-state index in [4.69, 9.17) is 38.3 Å². The Morgan fingerprint density at radius 3 is 1.26 bits per heavy atom. The number of unbranched alkanes of at least 4 members (excludes halogenated alkanes) is 8. The van der Waals surface area contributed by atoms with Gasteiger partial charge in [-0.25, -0.2) is 4.79 Å². The van der Waals surface area contributed by atoms with Gasteiger partial charge in [-0.05, 0) is 33.6 Å². The van der Waals surface area contributed by atoms with E-state index in [1.54, 1.807) is 0 Å². The number of hydrogen-bond acceptors (Lipinski definition) is 9. The van der Waals surface area contributed by atoms with Crippen LogP contribution in [0.5, 0.6) is 0 Å². The van der Waals surface area contributed by atoms with E-state index < -0.39 is 5.60 Å². The summed E-state index contributed by atoms with van der Waals surface area (Å²) in [6.07, 6.45) is 10.4. The molecule has 10 heteroatoms. The van der Waals surface area contributed by atoms with Crippen molar-refractivity contribution in [3.8, 4) is 0 Å². The zero-order valence-corrected chi connectivity index (χ0v) is 24.5. The van der Waals surface area contributed by atoms with Crippen LogP contribution in [0.2, 0.25) is 0 Å². The van der Waals surface area contributed by atoms with E-state index in [9.17, 15) is 4.79 Å². The molecule has 0 heterocycles. The van der Waals surface area contributed by atoms with Crippen molar-refractivity contribution in [2.75, 3.05) is 92.4 Å². The highest BCUT2D eigenvalue weighted by atomic mass is 16.6. The Balaban J connectivity index is 3.09. The van der Waals surface area contributed by atoms with Gasteiger partial charge >= 0.3 is 6.09 Å². The average Bonchev–Trinajstić information content (AvgIpc) is 2.86. The van der Waals surface area contributed by atoms with Crippen molar-refractivity contribution in [1.29, 1.82) is 0 Å². The van der Waals surface area contributed by atoms with Crippen molar-refractivity contribution >= 4 is 6.09 Å². The lowest BCUT2D eigenvalue weighted by atomic mass is 10.1. The third-order valence-electron chi connectivity index (χ3n) is 5.23. The first-order chi connectivity index (χ1) is 18.5. The lowest BCUT2D eigenvalue weighted by Gasteiger charge is -2.19. The van der Waals surface area contributed by atoms with Gasteiger partial charge in [-0.3, -0.25) is 0 Å². The van der Waals surface area contributed by atoms with E-state index in [-0.39, 0.29) is 12.7 Å². The molecule has 0 aromatic heterocycles. The lowest BCUT2D eigenvalue weighted by molar-refractivity contribution is -0.0182. The second-order valence-electron chi connectivity index (χ2n) is 10.0. The second kappa shape index (κ2) is 29.0. The summed E-state index contributed by atoms with van der Waals surface area (Å²) in [7, 11) is 0. The minimum Gasteiger partial charge on any atom is -0.444 e. The van der Waals surface area contributed by atoms with Crippen LogP contribution in [0.25, 0.3) is 0 Å². The summed E-state index contributed by atoms with van der Waals surface area (Å²) < 4.78 is 37.6. The highest BCUT2D eigenvalue weighted by Gasteiger charge is 2.15. The third-order valence-corrected chi connectivity index (χ3v) is 5.23. The van der Waals surface area contributed by atoms with Crippen LogP contribution in [0.1, 0.15) is 78.6 Å². The van der Waals surface area contributed by atoms with Gasteiger partial charge in [0.15, 0.2) is 0 Å². The number of hydrogen-bond donors (Lipinski definition) is 2. The molecule has 0 spiro atoms. The van der Waals surface area contributed by atoms with Crippen LogP contribution in [-0.2, 0) is 33.2 Å². The maximum absolute atomic E-state index is 11.5. The van der Waals surface area contributed by atoms with Crippen LogP contribution in [-0.4, -0.2) is 109 Å². The number of amides is 1. The van der Waals surface area contributed by atoms with E-state index in [1.807, 2.05) is 20.8 Å². The number of carbonyl (C=O) groups excluding carboxylic acids is 1. The van der Waals surface area contributed by atoms with E-state index in [0.29, 0.717) is 79.2 Å². The molecule has 2 N–H and O–H groups in total. The summed E-state index contributed by atoms with van der Waals surface area (Å²) in [6.45, 7) is 12.9. The van der Waals surface area contributed by atoms with Gasteiger partial charge in [0.05, 0.1) is 79.3 Å². The fraction of sp³-hybridized carbons (Fsp3) is 0.964. The van der Waals surface area contributed by atoms with Gasteiger partial charge in [0, 0.05) is 13.2 Å². The maximum Gasteiger partial charge on any atom is 0.407 e. The summed E-state index contributed by atoms with van der Waals surface area (Å²) in [5.41, 5.74) is -0.436. The highest BCUT2D eigenvalue weighted by molar-refractivity contribution is 5.67. The molecule has 228 valence electrons. The molecule has 10 nitrogen and oxygen atoms in total. The largest absolute Gasteiger partial charge is 0.444 e. The number of aliphatic hydroxyl groups is 1. The van der Waals surface area contributed by atoms with Crippen LogP contribution < -0.4 is 5.32 Å². The molecule has 0 aromatic carbocycles. The predicted molar refractivity (Wildman–Crippen MR) is 148 cm³/mol. The Labute approximate surface area is 231 Å². The third kappa shape index (κ3) is 33.0. The zero-order chi connectivity index (χ0) is 28.0. The number of rotatable bonds is 29. The van der Waals surface area contributed by atoms with Crippen LogP contribution in [0, 0.1) is 0 Å². The second-order valence-corrected chi connectivity index (χ2v) is 10.0. The van der Waals surface area contributed by atoms with Crippen molar-refractivity contribution in [2.45, 2.75) is 84.2 Å². The molecule has 1 amide bonds. The normalized spacial score (nSPS) is 11.7. The Hall–Kier alpha value is -1.01. The SMILES string of the molecule is CC(C)(C)OC(=O)NCCCCCCCCCCCOCCOCCOCCOCCOCCOCCO. The first-order valence-corrected chi connectivity index (χ1v) is 14.5. The summed E-state index contributed by atoms with van der Waals surface area (Å²) in [5, 5.41) is 11.4. The molecular weight excluding hydrogens is 494 g/mol. The first kappa shape index (κ1) is 37.0. The minimum absolute atomic E-state index is 0.0339. The molecule has 0 aliphatic heterocycles. The summed E-state index contributed by atoms with van der Waals surface area (Å²) in [5.74, 6) is 0. The van der Waals surface area contributed by atoms with Gasteiger partial charge in [-0.2, -0.15) is 0 Å². The number of alkyl carbamates (subject to hydrolysis) is 1. The molecule has 0 saturated carbocycles. The van der Waals surface area contributed by atoms with Gasteiger partial charge in [-0.15, -0.1) is 0 Å². The van der Waals surface area contributed by atoms with Gasteiger partial charge in [0.1, 0.15) is 5.60 Å². The standard InChI is InChI=1S/C28H57NO9/c1-28(2,3)38-27(31)29-13-11-9-7-5-4-6-8-10-12-15-32-17-19-34-21-23-36-25-26-37-24-22-35-20-18-33-16-14-30/h30H,4-26H2,1-3H3,(H,29,31). The molecule has 0 unspecified atom stereocenters. The van der Waals surface area contributed by atoms with Crippen LogP contribution >= 0.6 is 0 Å². The molecule has 0 bridgehead atoms. The number of aliphatic hydroxyl groups excluding tert-OH is 1. The monoisotopic (exact) mass is 551 g/mol. The van der Waals surface area contributed by atoms with Crippen molar-refractivity contribution in [3.63, 3.8) is 0 Å². The molecule has 0 saturated heterocycles. The molecule has 0 rings (SSSR count). The summed E-state index contributed by atoms with van der Waals surface area (Å²) >= 11 is 0. The van der Waals surface area contributed by atoms with Gasteiger partial charge < -0.3 is 43.6 Å². The van der Waals surface area contributed by atoms with Crippen molar-refractivity contribution in [2.24, 2.45) is 0 Å². The fourth-order valence-corrected chi connectivity index (χ4v) is 3.34. The predicted octanol–water partition coefficient (Wildman–Crippen LogP) is 4.11. The molecule has 0 atom stereocenters. The molecular formula is C28H57NO9. The topological polar surface area (TPSA) is 114 Å². The van der Waals surface area contributed by atoms with E-state index in [1.165, 1.54) is 38.5 Å². The fourth-order valence-electron chi connectivity index (χ4n) is 3.34. The minimum atomic E-state index is -0.436. The molecule has 38 heavy (non-hydrogen) atoms.